The lowest BCUT2D eigenvalue weighted by Gasteiger charge is -2.34. The highest BCUT2D eigenvalue weighted by Crippen LogP contribution is 2.20. The number of pyridine rings is 1. The third kappa shape index (κ3) is 4.62. The minimum Gasteiger partial charge on any atom is -0.363 e. The number of hydrogen-bond acceptors (Lipinski definition) is 5. The van der Waals surface area contributed by atoms with Crippen LogP contribution in [0.25, 0.3) is 0 Å². The Labute approximate surface area is 173 Å². The fourth-order valence-corrected chi connectivity index (χ4v) is 4.50. The third-order valence-electron chi connectivity index (χ3n) is 4.43. The molecule has 1 saturated heterocycles. The first-order valence-electron chi connectivity index (χ1n) is 8.72. The van der Waals surface area contributed by atoms with Gasteiger partial charge >= 0.3 is 6.03 Å². The highest BCUT2D eigenvalue weighted by Gasteiger charge is 2.30. The molecule has 1 aliphatic rings. The summed E-state index contributed by atoms with van der Waals surface area (Å²) in [5.41, 5.74) is 0.598. The number of nitrogens with one attached hydrogen (secondary N) is 1. The Morgan fingerprint density at radius 2 is 1.71 bits per heavy atom. The van der Waals surface area contributed by atoms with Crippen LogP contribution in [0.1, 0.15) is 0 Å². The van der Waals surface area contributed by atoms with Gasteiger partial charge in [0.1, 0.15) is 5.82 Å². The van der Waals surface area contributed by atoms with E-state index in [-0.39, 0.29) is 24.0 Å². The summed E-state index contributed by atoms with van der Waals surface area (Å²) >= 11 is 3.30. The molecule has 1 aliphatic heterocycles. The van der Waals surface area contributed by atoms with E-state index in [1.807, 2.05) is 25.1 Å². The molecule has 2 aromatic rings. The minimum atomic E-state index is -3.56. The van der Waals surface area contributed by atoms with Crippen molar-refractivity contribution in [3.63, 3.8) is 0 Å². The smallest absolute Gasteiger partial charge is 0.321 e. The van der Waals surface area contributed by atoms with Crippen molar-refractivity contribution in [1.29, 1.82) is 0 Å². The van der Waals surface area contributed by atoms with Crippen molar-refractivity contribution >= 4 is 43.5 Å². The average molecular weight is 468 g/mol. The number of nitrogens with zero attached hydrogens (tertiary/aromatic N) is 4. The molecule has 0 saturated carbocycles. The maximum absolute atomic E-state index is 12.7. The van der Waals surface area contributed by atoms with Gasteiger partial charge in [0.05, 0.1) is 16.8 Å². The number of urea groups is 1. The van der Waals surface area contributed by atoms with Crippen LogP contribution in [0.3, 0.4) is 0 Å². The number of halogens is 1. The summed E-state index contributed by atoms with van der Waals surface area (Å²) in [4.78, 5) is 20.4. The molecule has 1 N–H and O–H groups in total. The average Bonchev–Trinajstić information content (AvgIpc) is 2.69. The standard InChI is InChI=1S/C18H22BrN5O3S/c1-22(2)17-8-5-15(13-20-17)21-18(25)23-9-11-24(12-10-23)28(26,27)16-6-3-14(19)4-7-16/h3-8,13H,9-12H2,1-2H3,(H,21,25). The molecular weight excluding hydrogens is 446 g/mol. The third-order valence-corrected chi connectivity index (χ3v) is 6.88. The molecule has 0 aliphatic carbocycles. The first-order chi connectivity index (χ1) is 13.3. The lowest BCUT2D eigenvalue weighted by molar-refractivity contribution is 0.184. The summed E-state index contributed by atoms with van der Waals surface area (Å²) in [5.74, 6) is 0.796. The van der Waals surface area contributed by atoms with Gasteiger partial charge in [0.25, 0.3) is 0 Å². The molecule has 0 unspecified atom stereocenters. The Balaban J connectivity index is 1.58. The normalized spacial score (nSPS) is 15.3. The number of rotatable bonds is 4. The molecule has 0 atom stereocenters. The molecule has 0 radical (unpaired) electrons. The number of piperazine rings is 1. The van der Waals surface area contributed by atoms with Crippen molar-refractivity contribution in [2.45, 2.75) is 4.90 Å². The number of aromatic nitrogens is 1. The number of anilines is 2. The summed E-state index contributed by atoms with van der Waals surface area (Å²) in [6.45, 7) is 1.16. The number of amides is 2. The molecule has 0 spiro atoms. The van der Waals surface area contributed by atoms with Crippen molar-refractivity contribution in [3.05, 3.63) is 47.1 Å². The second kappa shape index (κ2) is 8.46. The van der Waals surface area contributed by atoms with E-state index in [1.54, 1.807) is 41.4 Å². The van der Waals surface area contributed by atoms with E-state index in [4.69, 9.17) is 0 Å². The number of benzene rings is 1. The van der Waals surface area contributed by atoms with Crippen molar-refractivity contribution in [3.8, 4) is 0 Å². The Hall–Kier alpha value is -2.17. The van der Waals surface area contributed by atoms with Gasteiger partial charge < -0.3 is 15.1 Å². The predicted molar refractivity (Wildman–Crippen MR) is 112 cm³/mol. The predicted octanol–water partition coefficient (Wildman–Crippen LogP) is 2.45. The number of carbonyl (C=O) groups is 1. The monoisotopic (exact) mass is 467 g/mol. The van der Waals surface area contributed by atoms with Crippen molar-refractivity contribution in [2.24, 2.45) is 0 Å². The lowest BCUT2D eigenvalue weighted by Crippen LogP contribution is -2.51. The van der Waals surface area contributed by atoms with Crippen LogP contribution >= 0.6 is 15.9 Å². The van der Waals surface area contributed by atoms with Gasteiger partial charge in [-0.05, 0) is 36.4 Å². The number of carbonyl (C=O) groups excluding carboxylic acids is 1. The van der Waals surface area contributed by atoms with E-state index in [9.17, 15) is 13.2 Å². The number of hydrogen-bond donors (Lipinski definition) is 1. The van der Waals surface area contributed by atoms with Gasteiger partial charge in [-0.15, -0.1) is 0 Å². The van der Waals surface area contributed by atoms with Gasteiger partial charge in [0.15, 0.2) is 0 Å². The Kier molecular flexibility index (Phi) is 6.21. The Morgan fingerprint density at radius 1 is 1.07 bits per heavy atom. The van der Waals surface area contributed by atoms with E-state index in [2.05, 4.69) is 26.2 Å². The molecule has 2 heterocycles. The van der Waals surface area contributed by atoms with Crippen molar-refractivity contribution < 1.29 is 13.2 Å². The van der Waals surface area contributed by atoms with Crippen LogP contribution in [0.2, 0.25) is 0 Å². The van der Waals surface area contributed by atoms with Crippen LogP contribution in [0, 0.1) is 0 Å². The van der Waals surface area contributed by atoms with Gasteiger partial charge in [0, 0.05) is 44.7 Å². The van der Waals surface area contributed by atoms with E-state index in [1.165, 1.54) is 4.31 Å². The Morgan fingerprint density at radius 3 is 2.25 bits per heavy atom. The first kappa shape index (κ1) is 20.6. The SMILES string of the molecule is CN(C)c1ccc(NC(=O)N2CCN(S(=O)(=O)c3ccc(Br)cc3)CC2)cn1. The van der Waals surface area contributed by atoms with Gasteiger partial charge in [-0.2, -0.15) is 4.31 Å². The minimum absolute atomic E-state index is 0.251. The Bertz CT molecular complexity index is 925. The summed E-state index contributed by atoms with van der Waals surface area (Å²) < 4.78 is 27.7. The van der Waals surface area contributed by atoms with E-state index < -0.39 is 10.0 Å². The first-order valence-corrected chi connectivity index (χ1v) is 11.0. The van der Waals surface area contributed by atoms with Gasteiger partial charge in [0.2, 0.25) is 10.0 Å². The highest BCUT2D eigenvalue weighted by atomic mass is 79.9. The maximum Gasteiger partial charge on any atom is 0.321 e. The molecule has 3 rings (SSSR count). The van der Waals surface area contributed by atoms with Gasteiger partial charge in [-0.1, -0.05) is 15.9 Å². The highest BCUT2D eigenvalue weighted by molar-refractivity contribution is 9.10. The van der Waals surface area contributed by atoms with Gasteiger partial charge in [-0.3, -0.25) is 0 Å². The fraction of sp³-hybridized carbons (Fsp3) is 0.333. The van der Waals surface area contributed by atoms with E-state index in [0.29, 0.717) is 18.8 Å². The van der Waals surface area contributed by atoms with Crippen LogP contribution < -0.4 is 10.2 Å². The molecule has 1 aromatic carbocycles. The van der Waals surface area contributed by atoms with Crippen LogP contribution in [-0.2, 0) is 10.0 Å². The quantitative estimate of drug-likeness (QED) is 0.745. The summed E-state index contributed by atoms with van der Waals surface area (Å²) in [6.07, 6.45) is 1.60. The van der Waals surface area contributed by atoms with E-state index in [0.717, 1.165) is 10.3 Å². The molecule has 0 bridgehead atoms. The second-order valence-corrected chi connectivity index (χ2v) is 9.43. The van der Waals surface area contributed by atoms with Crippen molar-refractivity contribution in [1.82, 2.24) is 14.2 Å². The van der Waals surface area contributed by atoms with Crippen molar-refractivity contribution in [2.75, 3.05) is 50.5 Å². The molecule has 2 amide bonds. The summed E-state index contributed by atoms with van der Waals surface area (Å²) in [5, 5.41) is 2.80. The summed E-state index contributed by atoms with van der Waals surface area (Å²) in [6, 6.07) is 9.89. The lowest BCUT2D eigenvalue weighted by atomic mass is 10.3. The zero-order valence-corrected chi connectivity index (χ0v) is 18.1. The summed E-state index contributed by atoms with van der Waals surface area (Å²) in [7, 11) is 0.222. The number of sulfonamides is 1. The molecular formula is C18H22BrN5O3S. The molecule has 28 heavy (non-hydrogen) atoms. The van der Waals surface area contributed by atoms with Gasteiger partial charge in [-0.25, -0.2) is 18.2 Å². The molecule has 150 valence electrons. The van der Waals surface area contributed by atoms with Crippen LogP contribution in [-0.4, -0.2) is 68.9 Å². The fourth-order valence-electron chi connectivity index (χ4n) is 2.81. The molecule has 10 heteroatoms. The largest absolute Gasteiger partial charge is 0.363 e. The topological polar surface area (TPSA) is 85.9 Å². The van der Waals surface area contributed by atoms with Crippen LogP contribution in [0.4, 0.5) is 16.3 Å². The second-order valence-electron chi connectivity index (χ2n) is 6.57. The molecule has 8 nitrogen and oxygen atoms in total. The van der Waals surface area contributed by atoms with Crippen LogP contribution in [0.5, 0.6) is 0 Å². The zero-order chi connectivity index (χ0) is 20.3. The molecule has 1 fully saturated rings. The molecule has 1 aromatic heterocycles. The van der Waals surface area contributed by atoms with Crippen LogP contribution in [0.15, 0.2) is 52.0 Å². The van der Waals surface area contributed by atoms with E-state index >= 15 is 0 Å². The zero-order valence-electron chi connectivity index (χ0n) is 15.7. The maximum atomic E-state index is 12.7.